The van der Waals surface area contributed by atoms with Gasteiger partial charge < -0.3 is 10.4 Å². The molecular weight excluding hydrogens is 514 g/mol. The van der Waals surface area contributed by atoms with Crippen LogP contribution in [0.15, 0.2) is 81.6 Å². The summed E-state index contributed by atoms with van der Waals surface area (Å²) in [6.45, 7) is 7.72. The number of nitrogens with one attached hydrogen (secondary N) is 2. The van der Waals surface area contributed by atoms with Crippen LogP contribution in [0.3, 0.4) is 0 Å². The van der Waals surface area contributed by atoms with Crippen molar-refractivity contribution in [3.05, 3.63) is 83.5 Å². The highest BCUT2D eigenvalue weighted by atomic mass is 32.3. The molecule has 0 saturated carbocycles. The fraction of sp³-hybridized carbons (Fsp3) is 0.231. The normalized spacial score (nSPS) is 21.5. The Bertz CT molecular complexity index is 1510. The van der Waals surface area contributed by atoms with Gasteiger partial charge in [0.25, 0.3) is 0 Å². The van der Waals surface area contributed by atoms with E-state index in [-0.39, 0.29) is 33.4 Å². The van der Waals surface area contributed by atoms with Crippen molar-refractivity contribution in [3.8, 4) is 0 Å². The highest BCUT2D eigenvalue weighted by Gasteiger charge is 2.46. The summed E-state index contributed by atoms with van der Waals surface area (Å²) in [4.78, 5) is 13.9. The van der Waals surface area contributed by atoms with Crippen LogP contribution in [0.5, 0.6) is 0 Å². The van der Waals surface area contributed by atoms with Gasteiger partial charge in [0.2, 0.25) is 10.0 Å². The first-order valence-electron chi connectivity index (χ1n) is 11.5. The molecule has 2 aromatic carbocycles. The Kier molecular flexibility index (Phi) is 6.84. The van der Waals surface area contributed by atoms with Crippen LogP contribution in [-0.2, 0) is 20.2 Å². The summed E-state index contributed by atoms with van der Waals surface area (Å²) in [6.07, 6.45) is 5.80. The molecule has 1 unspecified atom stereocenters. The van der Waals surface area contributed by atoms with Gasteiger partial charge in [-0.15, -0.1) is 4.40 Å². The molecular formula is C26H29N3O6S2. The Hall–Kier alpha value is -3.38. The quantitative estimate of drug-likeness (QED) is 0.284. The SMILES string of the molecule is C=C(/C=C/CC1(C)C(=O)C(C2=NS(O)(O)c3cc(NS(C)(=O)=O)ccc3N2)=C(O)c2ccccc21)CC. The van der Waals surface area contributed by atoms with E-state index in [1.807, 2.05) is 19.1 Å². The van der Waals surface area contributed by atoms with Crippen molar-refractivity contribution < 1.29 is 27.4 Å². The fourth-order valence-electron chi connectivity index (χ4n) is 4.38. The highest BCUT2D eigenvalue weighted by molar-refractivity contribution is 8.23. The van der Waals surface area contributed by atoms with Crippen LogP contribution >= 0.6 is 10.8 Å². The highest BCUT2D eigenvalue weighted by Crippen LogP contribution is 2.57. The summed E-state index contributed by atoms with van der Waals surface area (Å²) in [6, 6.07) is 11.2. The van der Waals surface area contributed by atoms with Gasteiger partial charge in [-0.25, -0.2) is 8.42 Å². The largest absolute Gasteiger partial charge is 0.506 e. The number of hydrogen-bond donors (Lipinski definition) is 5. The molecule has 196 valence electrons. The monoisotopic (exact) mass is 543 g/mol. The van der Waals surface area contributed by atoms with Crippen molar-refractivity contribution >= 4 is 49.6 Å². The lowest BCUT2D eigenvalue weighted by Gasteiger charge is -2.38. The number of carbonyl (C=O) groups is 1. The first kappa shape index (κ1) is 26.7. The Balaban J connectivity index is 1.81. The van der Waals surface area contributed by atoms with E-state index in [0.717, 1.165) is 18.2 Å². The fourth-order valence-corrected chi connectivity index (χ4v) is 6.12. The van der Waals surface area contributed by atoms with Gasteiger partial charge >= 0.3 is 0 Å². The molecule has 1 atom stereocenters. The predicted molar refractivity (Wildman–Crippen MR) is 149 cm³/mol. The second-order valence-electron chi connectivity index (χ2n) is 9.22. The van der Waals surface area contributed by atoms with Crippen molar-refractivity contribution in [2.24, 2.45) is 4.40 Å². The average molecular weight is 544 g/mol. The molecule has 0 radical (unpaired) electrons. The Morgan fingerprint density at radius 3 is 2.62 bits per heavy atom. The van der Waals surface area contributed by atoms with E-state index in [9.17, 15) is 27.4 Å². The van der Waals surface area contributed by atoms with Crippen molar-refractivity contribution in [3.63, 3.8) is 0 Å². The molecule has 2 aromatic rings. The molecule has 0 spiro atoms. The molecule has 0 bridgehead atoms. The third-order valence-electron chi connectivity index (χ3n) is 6.36. The van der Waals surface area contributed by atoms with Crippen LogP contribution in [-0.4, -0.2) is 40.5 Å². The summed E-state index contributed by atoms with van der Waals surface area (Å²) in [5.41, 5.74) is 1.12. The predicted octanol–water partition coefficient (Wildman–Crippen LogP) is 5.63. The van der Waals surface area contributed by atoms with Crippen molar-refractivity contribution in [2.45, 2.75) is 37.0 Å². The van der Waals surface area contributed by atoms with Gasteiger partial charge in [0.15, 0.2) is 11.6 Å². The standard InChI is InChI=1S/C26H29N3O6S2/c1-5-16(2)9-8-14-26(3)19-11-7-6-10-18(19)23(30)22(24(26)31)25-27-20-13-12-17(28-36(4,32)33)15-21(20)37(34,35)29-25/h6-13,15,28,30,34-35H,2,5,14H2,1,3-4H3,(H,27,29)/b9-8+. The molecule has 1 aliphatic carbocycles. The molecule has 0 saturated heterocycles. The van der Waals surface area contributed by atoms with Crippen molar-refractivity contribution in [1.29, 1.82) is 0 Å². The minimum absolute atomic E-state index is 0.0441. The summed E-state index contributed by atoms with van der Waals surface area (Å²) in [7, 11) is -7.44. The number of aliphatic hydroxyl groups excluding tert-OH is 1. The summed E-state index contributed by atoms with van der Waals surface area (Å²) >= 11 is 0. The Labute approximate surface area is 217 Å². The number of Topliss-reactive ketones (excluding diaryl/α,β-unsaturated/α-hetero) is 1. The van der Waals surface area contributed by atoms with Crippen LogP contribution in [0.1, 0.15) is 37.8 Å². The minimum atomic E-state index is -3.84. The van der Waals surface area contributed by atoms with Crippen LogP contribution in [0.4, 0.5) is 11.4 Å². The number of benzene rings is 2. The van der Waals surface area contributed by atoms with Gasteiger partial charge in [-0.05, 0) is 43.5 Å². The number of ketones is 1. The maximum atomic E-state index is 14.0. The zero-order valence-corrected chi connectivity index (χ0v) is 22.3. The Morgan fingerprint density at radius 1 is 1.24 bits per heavy atom. The molecule has 1 heterocycles. The zero-order chi connectivity index (χ0) is 27.2. The topological polar surface area (TPSA) is 148 Å². The van der Waals surface area contributed by atoms with E-state index in [1.54, 1.807) is 31.2 Å². The summed E-state index contributed by atoms with van der Waals surface area (Å²) in [5, 5.41) is 14.1. The van der Waals surface area contributed by atoms with Gasteiger partial charge in [0.05, 0.1) is 23.0 Å². The van der Waals surface area contributed by atoms with Gasteiger partial charge in [0, 0.05) is 5.56 Å². The smallest absolute Gasteiger partial charge is 0.229 e. The van der Waals surface area contributed by atoms with Crippen LogP contribution < -0.4 is 10.0 Å². The molecule has 2 aliphatic rings. The zero-order valence-electron chi connectivity index (χ0n) is 20.6. The van der Waals surface area contributed by atoms with Crippen LogP contribution in [0, 0.1) is 0 Å². The van der Waals surface area contributed by atoms with E-state index in [1.165, 1.54) is 18.2 Å². The number of anilines is 2. The number of sulfonamides is 1. The van der Waals surface area contributed by atoms with Gasteiger partial charge in [0.1, 0.15) is 16.2 Å². The van der Waals surface area contributed by atoms with Gasteiger partial charge in [-0.2, -0.15) is 0 Å². The lowest BCUT2D eigenvalue weighted by atomic mass is 9.67. The summed E-state index contributed by atoms with van der Waals surface area (Å²) in [5.74, 6) is -0.933. The number of hydrogen-bond acceptors (Lipinski definition) is 8. The molecule has 11 heteroatoms. The van der Waals surface area contributed by atoms with Crippen molar-refractivity contribution in [2.75, 3.05) is 16.3 Å². The number of fused-ring (bicyclic) bond motifs is 2. The van der Waals surface area contributed by atoms with E-state index >= 15 is 0 Å². The second kappa shape index (κ2) is 9.49. The third-order valence-corrected chi connectivity index (χ3v) is 8.34. The molecule has 0 aromatic heterocycles. The van der Waals surface area contributed by atoms with E-state index in [2.05, 4.69) is 21.0 Å². The average Bonchev–Trinajstić information content (AvgIpc) is 2.82. The first-order chi connectivity index (χ1) is 17.3. The molecule has 9 nitrogen and oxygen atoms in total. The summed E-state index contributed by atoms with van der Waals surface area (Å²) < 4.78 is 51.3. The third kappa shape index (κ3) is 5.08. The van der Waals surface area contributed by atoms with Crippen molar-refractivity contribution in [1.82, 2.24) is 0 Å². The first-order valence-corrected chi connectivity index (χ1v) is 14.9. The molecule has 4 rings (SSSR count). The lowest BCUT2D eigenvalue weighted by Crippen LogP contribution is -2.42. The van der Waals surface area contributed by atoms with E-state index in [0.29, 0.717) is 17.5 Å². The number of aliphatic hydroxyl groups is 1. The van der Waals surface area contributed by atoms with Crippen LogP contribution in [0.25, 0.3) is 5.76 Å². The number of carbonyl (C=O) groups excluding carboxylic acids is 1. The minimum Gasteiger partial charge on any atom is -0.506 e. The molecule has 0 fully saturated rings. The van der Waals surface area contributed by atoms with Gasteiger partial charge in [-0.3, -0.25) is 18.6 Å². The lowest BCUT2D eigenvalue weighted by molar-refractivity contribution is -0.120. The number of amidine groups is 1. The second-order valence-corrected chi connectivity index (χ2v) is 12.6. The van der Waals surface area contributed by atoms with Gasteiger partial charge in [-0.1, -0.05) is 66.3 Å². The maximum absolute atomic E-state index is 14.0. The molecule has 37 heavy (non-hydrogen) atoms. The molecule has 5 N–H and O–H groups in total. The van der Waals surface area contributed by atoms with E-state index in [4.69, 9.17) is 0 Å². The Morgan fingerprint density at radius 2 is 1.95 bits per heavy atom. The maximum Gasteiger partial charge on any atom is 0.229 e. The molecule has 0 amide bonds. The molecule has 1 aliphatic heterocycles. The number of allylic oxidation sites excluding steroid dienone is 3. The van der Waals surface area contributed by atoms with E-state index < -0.39 is 32.0 Å². The number of nitrogens with zero attached hydrogens (tertiary/aromatic N) is 1. The number of rotatable bonds is 7. The van der Waals surface area contributed by atoms with Crippen LogP contribution in [0.2, 0.25) is 0 Å².